The number of nitrogens with one attached hydrogen (secondary N) is 1. The van der Waals surface area contributed by atoms with Crippen LogP contribution in [-0.4, -0.2) is 17.6 Å². The van der Waals surface area contributed by atoms with Crippen LogP contribution in [0.1, 0.15) is 18.5 Å². The monoisotopic (exact) mass is 212 g/mol. The molecular weight excluding hydrogens is 204 g/mol. The zero-order valence-electron chi connectivity index (χ0n) is 7.44. The summed E-state index contributed by atoms with van der Waals surface area (Å²) in [5.41, 5.74) is 0.293. The van der Waals surface area contributed by atoms with Crippen molar-refractivity contribution in [2.24, 2.45) is 0 Å². The Hall–Kier alpha value is -1.61. The van der Waals surface area contributed by atoms with Crippen molar-refractivity contribution in [1.82, 2.24) is 4.98 Å². The fraction of sp³-hybridized carbons (Fsp3) is 0.375. The topological polar surface area (TPSA) is 82.9 Å². The highest BCUT2D eigenvalue weighted by Gasteiger charge is 2.22. The first-order valence-corrected chi connectivity index (χ1v) is 4.81. The largest absolute Gasteiger partial charge is 0.465 e. The SMILES string of the molecule is CCOC(=O)C(C#N)c1csc(=O)[nH]1. The number of rotatable bonds is 3. The van der Waals surface area contributed by atoms with E-state index in [2.05, 4.69) is 9.72 Å². The van der Waals surface area contributed by atoms with Gasteiger partial charge in [0.2, 0.25) is 0 Å². The highest BCUT2D eigenvalue weighted by atomic mass is 32.1. The zero-order valence-corrected chi connectivity index (χ0v) is 8.26. The van der Waals surface area contributed by atoms with Crippen molar-refractivity contribution in [3.63, 3.8) is 0 Å². The minimum atomic E-state index is -1.03. The highest BCUT2D eigenvalue weighted by Crippen LogP contribution is 2.14. The average molecular weight is 212 g/mol. The lowest BCUT2D eigenvalue weighted by Gasteiger charge is -2.04. The van der Waals surface area contributed by atoms with E-state index < -0.39 is 11.9 Å². The summed E-state index contributed by atoms with van der Waals surface area (Å²) in [5.74, 6) is -1.67. The third-order valence-corrected chi connectivity index (χ3v) is 2.19. The molecule has 1 N–H and O–H groups in total. The van der Waals surface area contributed by atoms with Gasteiger partial charge < -0.3 is 9.72 Å². The van der Waals surface area contributed by atoms with Crippen LogP contribution in [0.4, 0.5) is 0 Å². The molecule has 0 aliphatic carbocycles. The summed E-state index contributed by atoms with van der Waals surface area (Å²) in [4.78, 5) is 24.1. The Labute approximate surface area is 83.9 Å². The quantitative estimate of drug-likeness (QED) is 0.744. The Morgan fingerprint density at radius 3 is 3.00 bits per heavy atom. The molecule has 0 bridgehead atoms. The lowest BCUT2D eigenvalue weighted by molar-refractivity contribution is -0.143. The molecule has 0 saturated heterocycles. The van der Waals surface area contributed by atoms with Gasteiger partial charge in [-0.2, -0.15) is 5.26 Å². The summed E-state index contributed by atoms with van der Waals surface area (Å²) >= 11 is 0.914. The fourth-order valence-corrected chi connectivity index (χ4v) is 1.51. The number of hydrogen-bond acceptors (Lipinski definition) is 5. The van der Waals surface area contributed by atoms with Gasteiger partial charge in [0.05, 0.1) is 18.4 Å². The molecule has 0 saturated carbocycles. The standard InChI is InChI=1S/C8H8N2O3S/c1-2-13-7(11)5(3-9)6-4-14-8(12)10-6/h4-5H,2H2,1H3,(H,10,12). The lowest BCUT2D eigenvalue weighted by Crippen LogP contribution is -2.15. The summed E-state index contributed by atoms with van der Waals surface area (Å²) in [7, 11) is 0. The second-order valence-electron chi connectivity index (χ2n) is 2.42. The van der Waals surface area contributed by atoms with Crippen molar-refractivity contribution >= 4 is 17.3 Å². The van der Waals surface area contributed by atoms with E-state index in [4.69, 9.17) is 5.26 Å². The summed E-state index contributed by atoms with van der Waals surface area (Å²) < 4.78 is 4.68. The van der Waals surface area contributed by atoms with E-state index in [0.29, 0.717) is 5.69 Å². The van der Waals surface area contributed by atoms with E-state index in [-0.39, 0.29) is 11.5 Å². The van der Waals surface area contributed by atoms with Gasteiger partial charge >= 0.3 is 10.8 Å². The van der Waals surface area contributed by atoms with E-state index in [1.54, 1.807) is 13.0 Å². The van der Waals surface area contributed by atoms with Crippen LogP contribution in [-0.2, 0) is 9.53 Å². The molecule has 5 nitrogen and oxygen atoms in total. The normalized spacial score (nSPS) is 11.7. The Morgan fingerprint density at radius 1 is 1.86 bits per heavy atom. The predicted molar refractivity (Wildman–Crippen MR) is 49.9 cm³/mol. The third-order valence-electron chi connectivity index (χ3n) is 1.50. The molecule has 6 heteroatoms. The maximum atomic E-state index is 11.2. The van der Waals surface area contributed by atoms with Crippen LogP contribution in [0, 0.1) is 11.3 Å². The number of carbonyl (C=O) groups is 1. The van der Waals surface area contributed by atoms with Gasteiger partial charge in [-0.1, -0.05) is 11.3 Å². The smallest absolute Gasteiger partial charge is 0.329 e. The van der Waals surface area contributed by atoms with Crippen LogP contribution in [0.2, 0.25) is 0 Å². The Morgan fingerprint density at radius 2 is 2.57 bits per heavy atom. The molecule has 1 heterocycles. The summed E-state index contributed by atoms with van der Waals surface area (Å²) in [5, 5.41) is 10.2. The second-order valence-corrected chi connectivity index (χ2v) is 3.26. The Bertz CT molecular complexity index is 415. The van der Waals surface area contributed by atoms with Crippen LogP contribution in [0.3, 0.4) is 0 Å². The van der Waals surface area contributed by atoms with Crippen molar-refractivity contribution in [1.29, 1.82) is 5.26 Å². The Balaban J connectivity index is 2.88. The zero-order chi connectivity index (χ0) is 10.6. The van der Waals surface area contributed by atoms with E-state index in [1.165, 1.54) is 5.38 Å². The highest BCUT2D eigenvalue weighted by molar-refractivity contribution is 7.07. The van der Waals surface area contributed by atoms with E-state index >= 15 is 0 Å². The van der Waals surface area contributed by atoms with Crippen LogP contribution >= 0.6 is 11.3 Å². The summed E-state index contributed by atoms with van der Waals surface area (Å²) in [6.07, 6.45) is 0. The van der Waals surface area contributed by atoms with E-state index in [1.807, 2.05) is 0 Å². The van der Waals surface area contributed by atoms with E-state index in [0.717, 1.165) is 11.3 Å². The van der Waals surface area contributed by atoms with Crippen molar-refractivity contribution in [3.05, 3.63) is 20.7 Å². The van der Waals surface area contributed by atoms with Gasteiger partial charge in [0, 0.05) is 5.38 Å². The molecular formula is C8H8N2O3S. The van der Waals surface area contributed by atoms with Gasteiger partial charge in [-0.15, -0.1) is 0 Å². The van der Waals surface area contributed by atoms with Gasteiger partial charge in [0.15, 0.2) is 5.92 Å². The number of nitrogens with zero attached hydrogens (tertiary/aromatic N) is 1. The van der Waals surface area contributed by atoms with Crippen LogP contribution in [0.15, 0.2) is 10.2 Å². The minimum Gasteiger partial charge on any atom is -0.465 e. The average Bonchev–Trinajstić information content (AvgIpc) is 2.54. The van der Waals surface area contributed by atoms with Gasteiger partial charge in [0.25, 0.3) is 0 Å². The Kier molecular flexibility index (Phi) is 3.42. The van der Waals surface area contributed by atoms with Crippen molar-refractivity contribution in [3.8, 4) is 6.07 Å². The molecule has 0 aliphatic heterocycles. The van der Waals surface area contributed by atoms with Gasteiger partial charge in [0.1, 0.15) is 0 Å². The minimum absolute atomic E-state index is 0.214. The summed E-state index contributed by atoms with van der Waals surface area (Å²) in [6.45, 7) is 1.87. The van der Waals surface area contributed by atoms with Crippen LogP contribution in [0.25, 0.3) is 0 Å². The fourth-order valence-electron chi connectivity index (χ4n) is 0.909. The number of aromatic nitrogens is 1. The third kappa shape index (κ3) is 2.20. The molecule has 1 unspecified atom stereocenters. The van der Waals surface area contributed by atoms with Crippen molar-refractivity contribution in [2.45, 2.75) is 12.8 Å². The number of aromatic amines is 1. The molecule has 74 valence electrons. The molecule has 0 spiro atoms. The second kappa shape index (κ2) is 4.58. The number of ether oxygens (including phenoxy) is 1. The van der Waals surface area contributed by atoms with Crippen LogP contribution < -0.4 is 4.87 Å². The first-order chi connectivity index (χ1) is 6.69. The number of thiazole rings is 1. The number of hydrogen-bond donors (Lipinski definition) is 1. The first-order valence-electron chi connectivity index (χ1n) is 3.93. The first kappa shape index (κ1) is 10.5. The molecule has 14 heavy (non-hydrogen) atoms. The van der Waals surface area contributed by atoms with Gasteiger partial charge in [-0.25, -0.2) is 0 Å². The number of nitriles is 1. The molecule has 0 aromatic carbocycles. The van der Waals surface area contributed by atoms with Gasteiger partial charge in [-0.05, 0) is 6.92 Å². The van der Waals surface area contributed by atoms with Gasteiger partial charge in [-0.3, -0.25) is 9.59 Å². The van der Waals surface area contributed by atoms with Crippen molar-refractivity contribution in [2.75, 3.05) is 6.61 Å². The van der Waals surface area contributed by atoms with Crippen molar-refractivity contribution < 1.29 is 9.53 Å². The molecule has 1 atom stereocenters. The van der Waals surface area contributed by atoms with Crippen LogP contribution in [0.5, 0.6) is 0 Å². The number of carbonyl (C=O) groups excluding carboxylic acids is 1. The predicted octanol–water partition coefficient (Wildman–Crippen LogP) is 0.607. The maximum Gasteiger partial charge on any atom is 0.329 e. The number of H-pyrrole nitrogens is 1. The molecule has 1 rings (SSSR count). The molecule has 0 amide bonds. The maximum absolute atomic E-state index is 11.2. The molecule has 0 aliphatic rings. The number of esters is 1. The molecule has 1 aromatic heterocycles. The molecule has 1 aromatic rings. The lowest BCUT2D eigenvalue weighted by atomic mass is 10.1. The molecule has 0 radical (unpaired) electrons. The molecule has 0 fully saturated rings. The summed E-state index contributed by atoms with van der Waals surface area (Å²) in [6, 6.07) is 1.78. The van der Waals surface area contributed by atoms with E-state index in [9.17, 15) is 9.59 Å².